The van der Waals surface area contributed by atoms with Gasteiger partial charge in [-0.05, 0) is 50.9 Å². The molecule has 2 N–H and O–H groups in total. The quantitative estimate of drug-likeness (QED) is 0.881. The number of hydrogen-bond donors (Lipinski definition) is 2. The molecule has 2 atom stereocenters. The smallest absolute Gasteiger partial charge is 0.241 e. The largest absolute Gasteiger partial charge is 0.313 e. The second-order valence-electron chi connectivity index (χ2n) is 5.02. The van der Waals surface area contributed by atoms with Crippen molar-refractivity contribution >= 4 is 26.0 Å². The first-order valence-electron chi connectivity index (χ1n) is 6.42. The third-order valence-electron chi connectivity index (χ3n) is 3.51. The molecule has 1 aromatic rings. The van der Waals surface area contributed by atoms with E-state index in [1.807, 2.05) is 19.9 Å². The molecule has 1 saturated heterocycles. The van der Waals surface area contributed by atoms with Crippen molar-refractivity contribution in [3.05, 3.63) is 28.2 Å². The Morgan fingerprint density at radius 1 is 1.42 bits per heavy atom. The summed E-state index contributed by atoms with van der Waals surface area (Å²) in [5, 5.41) is 3.30. The Morgan fingerprint density at radius 2 is 2.16 bits per heavy atom. The number of nitrogens with one attached hydrogen (secondary N) is 2. The second-order valence-corrected chi connectivity index (χ2v) is 7.62. The van der Waals surface area contributed by atoms with Crippen LogP contribution in [0.25, 0.3) is 0 Å². The molecule has 0 bridgehead atoms. The van der Waals surface area contributed by atoms with Crippen LogP contribution < -0.4 is 10.0 Å². The second kappa shape index (κ2) is 5.91. The Bertz CT molecular complexity index is 560. The summed E-state index contributed by atoms with van der Waals surface area (Å²) in [6, 6.07) is 5.42. The highest BCUT2D eigenvalue weighted by atomic mass is 79.9. The van der Waals surface area contributed by atoms with E-state index in [4.69, 9.17) is 0 Å². The average Bonchev–Trinajstić information content (AvgIpc) is 2.35. The van der Waals surface area contributed by atoms with Gasteiger partial charge in [0.2, 0.25) is 10.0 Å². The Kier molecular flexibility index (Phi) is 4.66. The van der Waals surface area contributed by atoms with Gasteiger partial charge in [0.1, 0.15) is 0 Å². The van der Waals surface area contributed by atoms with Crippen molar-refractivity contribution in [1.29, 1.82) is 0 Å². The molecule has 0 aliphatic carbocycles. The minimum atomic E-state index is -3.47. The average molecular weight is 347 g/mol. The van der Waals surface area contributed by atoms with Gasteiger partial charge in [0.25, 0.3) is 0 Å². The topological polar surface area (TPSA) is 58.2 Å². The zero-order valence-electron chi connectivity index (χ0n) is 11.1. The highest BCUT2D eigenvalue weighted by Crippen LogP contribution is 2.21. The van der Waals surface area contributed by atoms with Crippen molar-refractivity contribution in [3.63, 3.8) is 0 Å². The van der Waals surface area contributed by atoms with Gasteiger partial charge in [-0.2, -0.15) is 0 Å². The molecule has 0 amide bonds. The lowest BCUT2D eigenvalue weighted by Gasteiger charge is -2.30. The summed E-state index contributed by atoms with van der Waals surface area (Å²) < 4.78 is 28.5. The maximum atomic E-state index is 12.5. The van der Waals surface area contributed by atoms with Crippen LogP contribution in [0.5, 0.6) is 0 Å². The number of hydrogen-bond acceptors (Lipinski definition) is 3. The first-order chi connectivity index (χ1) is 8.90. The van der Waals surface area contributed by atoms with Gasteiger partial charge in [0.05, 0.1) is 4.90 Å². The van der Waals surface area contributed by atoms with Crippen LogP contribution in [0.3, 0.4) is 0 Å². The number of rotatable bonds is 3. The summed E-state index contributed by atoms with van der Waals surface area (Å²) in [6.45, 7) is 4.78. The van der Waals surface area contributed by atoms with E-state index < -0.39 is 10.0 Å². The predicted octanol–water partition coefficient (Wildman–Crippen LogP) is 2.18. The zero-order valence-corrected chi connectivity index (χ0v) is 13.5. The summed E-state index contributed by atoms with van der Waals surface area (Å²) in [4.78, 5) is 0.347. The van der Waals surface area contributed by atoms with Gasteiger partial charge in [-0.15, -0.1) is 0 Å². The van der Waals surface area contributed by atoms with E-state index in [0.717, 1.165) is 29.4 Å². The molecule has 6 heteroatoms. The number of piperidine rings is 1. The Labute approximate surface area is 123 Å². The van der Waals surface area contributed by atoms with Crippen LogP contribution in [-0.4, -0.2) is 27.0 Å². The van der Waals surface area contributed by atoms with E-state index in [1.165, 1.54) is 0 Å². The number of halogens is 1. The van der Waals surface area contributed by atoms with Crippen LogP contribution in [0.15, 0.2) is 27.6 Å². The highest BCUT2D eigenvalue weighted by molar-refractivity contribution is 9.10. The lowest BCUT2D eigenvalue weighted by atomic mass is 10.0. The van der Waals surface area contributed by atoms with Gasteiger partial charge in [0, 0.05) is 16.6 Å². The molecule has 0 saturated carbocycles. The molecule has 2 unspecified atom stereocenters. The van der Waals surface area contributed by atoms with Crippen molar-refractivity contribution in [2.24, 2.45) is 0 Å². The van der Waals surface area contributed by atoms with Gasteiger partial charge in [-0.3, -0.25) is 0 Å². The SMILES string of the molecule is Cc1ccc(Br)cc1S(=O)(=O)NC1CCCNC1C. The molecule has 1 aliphatic heterocycles. The predicted molar refractivity (Wildman–Crippen MR) is 79.7 cm³/mol. The van der Waals surface area contributed by atoms with Crippen molar-refractivity contribution in [2.45, 2.75) is 43.7 Å². The molecule has 2 rings (SSSR count). The maximum Gasteiger partial charge on any atom is 0.241 e. The van der Waals surface area contributed by atoms with Crippen molar-refractivity contribution in [2.75, 3.05) is 6.54 Å². The third-order valence-corrected chi connectivity index (χ3v) is 5.63. The summed E-state index contributed by atoms with van der Waals surface area (Å²) in [7, 11) is -3.47. The molecule has 0 aromatic heterocycles. The zero-order chi connectivity index (χ0) is 14.0. The summed E-state index contributed by atoms with van der Waals surface area (Å²) in [6.07, 6.45) is 1.87. The Morgan fingerprint density at radius 3 is 2.84 bits per heavy atom. The molecule has 0 radical (unpaired) electrons. The summed E-state index contributed by atoms with van der Waals surface area (Å²) >= 11 is 3.32. The van der Waals surface area contributed by atoms with E-state index in [0.29, 0.717) is 4.90 Å². The van der Waals surface area contributed by atoms with Crippen molar-refractivity contribution in [3.8, 4) is 0 Å². The minimum absolute atomic E-state index is 0.0443. The van der Waals surface area contributed by atoms with Crippen LogP contribution in [-0.2, 0) is 10.0 Å². The Balaban J connectivity index is 2.24. The van der Waals surface area contributed by atoms with E-state index in [-0.39, 0.29) is 12.1 Å². The normalized spacial score (nSPS) is 24.4. The van der Waals surface area contributed by atoms with Crippen LogP contribution in [0, 0.1) is 6.92 Å². The molecule has 19 heavy (non-hydrogen) atoms. The maximum absolute atomic E-state index is 12.5. The third kappa shape index (κ3) is 3.56. The van der Waals surface area contributed by atoms with Gasteiger partial charge in [-0.25, -0.2) is 13.1 Å². The minimum Gasteiger partial charge on any atom is -0.313 e. The van der Waals surface area contributed by atoms with E-state index in [9.17, 15) is 8.42 Å². The molecule has 1 aliphatic rings. The summed E-state index contributed by atoms with van der Waals surface area (Å²) in [5.41, 5.74) is 0.757. The van der Waals surface area contributed by atoms with Crippen molar-refractivity contribution < 1.29 is 8.42 Å². The van der Waals surface area contributed by atoms with Crippen LogP contribution >= 0.6 is 15.9 Å². The highest BCUT2D eigenvalue weighted by Gasteiger charge is 2.27. The van der Waals surface area contributed by atoms with Gasteiger partial charge < -0.3 is 5.32 Å². The van der Waals surface area contributed by atoms with E-state index in [1.54, 1.807) is 12.1 Å². The van der Waals surface area contributed by atoms with Crippen LogP contribution in [0.4, 0.5) is 0 Å². The van der Waals surface area contributed by atoms with E-state index in [2.05, 4.69) is 26.0 Å². The fourth-order valence-corrected chi connectivity index (χ4v) is 4.47. The first kappa shape index (κ1) is 15.0. The molecular weight excluding hydrogens is 328 g/mol. The van der Waals surface area contributed by atoms with Gasteiger partial charge in [-0.1, -0.05) is 22.0 Å². The molecule has 1 heterocycles. The molecule has 1 fully saturated rings. The van der Waals surface area contributed by atoms with Gasteiger partial charge >= 0.3 is 0 Å². The molecule has 1 aromatic carbocycles. The molecule has 106 valence electrons. The molecule has 4 nitrogen and oxygen atoms in total. The fraction of sp³-hybridized carbons (Fsp3) is 0.538. The van der Waals surface area contributed by atoms with Crippen LogP contribution in [0.2, 0.25) is 0 Å². The number of aryl methyl sites for hydroxylation is 1. The van der Waals surface area contributed by atoms with E-state index >= 15 is 0 Å². The molecule has 0 spiro atoms. The molecular formula is C13H19BrN2O2S. The lowest BCUT2D eigenvalue weighted by molar-refractivity contribution is 0.348. The monoisotopic (exact) mass is 346 g/mol. The number of sulfonamides is 1. The first-order valence-corrected chi connectivity index (χ1v) is 8.69. The Hall–Kier alpha value is -0.430. The standard InChI is InChI=1S/C13H19BrN2O2S/c1-9-5-6-11(14)8-13(9)19(17,18)16-12-4-3-7-15-10(12)2/h5-6,8,10,12,15-16H,3-4,7H2,1-2H3. The summed E-state index contributed by atoms with van der Waals surface area (Å²) in [5.74, 6) is 0. The van der Waals surface area contributed by atoms with Crippen molar-refractivity contribution in [1.82, 2.24) is 10.0 Å². The van der Waals surface area contributed by atoms with Gasteiger partial charge in [0.15, 0.2) is 0 Å². The lowest BCUT2D eigenvalue weighted by Crippen LogP contribution is -2.51. The fourth-order valence-electron chi connectivity index (χ4n) is 2.33. The van der Waals surface area contributed by atoms with Crippen LogP contribution in [0.1, 0.15) is 25.3 Å². The number of benzene rings is 1.